The van der Waals surface area contributed by atoms with Crippen molar-refractivity contribution in [3.8, 4) is 12.3 Å². The van der Waals surface area contributed by atoms with E-state index in [2.05, 4.69) is 19.8 Å². The summed E-state index contributed by atoms with van der Waals surface area (Å²) in [6.07, 6.45) is 14.5. The number of hydrogen-bond acceptors (Lipinski definition) is 2. The third-order valence-corrected chi connectivity index (χ3v) is 8.03. The van der Waals surface area contributed by atoms with Gasteiger partial charge in [-0.2, -0.15) is 0 Å². The average Bonchev–Trinajstić information content (AvgIpc) is 2.79. The maximum atomic E-state index is 11.8. The first kappa shape index (κ1) is 15.5. The number of ketones is 1. The van der Waals surface area contributed by atoms with E-state index in [1.165, 1.54) is 5.57 Å². The summed E-state index contributed by atoms with van der Waals surface area (Å²) in [7, 11) is 0. The first-order valence-corrected chi connectivity index (χ1v) is 9.33. The number of hydrogen-bond donors (Lipinski definition) is 1. The van der Waals surface area contributed by atoms with E-state index in [-0.39, 0.29) is 5.41 Å². The van der Waals surface area contributed by atoms with Gasteiger partial charge in [0.1, 0.15) is 5.60 Å². The number of allylic oxidation sites excluding steroid dienone is 1. The van der Waals surface area contributed by atoms with Crippen LogP contribution in [0.15, 0.2) is 11.6 Å². The van der Waals surface area contributed by atoms with Gasteiger partial charge < -0.3 is 5.11 Å². The first-order chi connectivity index (χ1) is 10.9. The summed E-state index contributed by atoms with van der Waals surface area (Å²) < 4.78 is 0. The van der Waals surface area contributed by atoms with Gasteiger partial charge in [0, 0.05) is 11.8 Å². The van der Waals surface area contributed by atoms with Crippen LogP contribution in [0.2, 0.25) is 0 Å². The van der Waals surface area contributed by atoms with Crippen molar-refractivity contribution in [1.29, 1.82) is 0 Å². The molecule has 0 spiro atoms. The lowest BCUT2D eigenvalue weighted by Crippen LogP contribution is -2.53. The number of aliphatic hydroxyl groups is 1. The van der Waals surface area contributed by atoms with Crippen LogP contribution in [0.4, 0.5) is 0 Å². The van der Waals surface area contributed by atoms with Gasteiger partial charge in [-0.05, 0) is 74.2 Å². The molecule has 0 aliphatic heterocycles. The van der Waals surface area contributed by atoms with E-state index in [4.69, 9.17) is 6.42 Å². The minimum atomic E-state index is -0.916. The first-order valence-electron chi connectivity index (χ1n) is 9.33. The minimum absolute atomic E-state index is 0.122. The second-order valence-corrected chi connectivity index (χ2v) is 8.86. The van der Waals surface area contributed by atoms with Crippen molar-refractivity contribution < 1.29 is 9.90 Å². The molecule has 0 bridgehead atoms. The van der Waals surface area contributed by atoms with Crippen LogP contribution in [0, 0.1) is 47.3 Å². The van der Waals surface area contributed by atoms with E-state index in [1.807, 2.05) is 6.08 Å². The Labute approximate surface area is 139 Å². The van der Waals surface area contributed by atoms with Gasteiger partial charge in [0.25, 0.3) is 0 Å². The van der Waals surface area contributed by atoms with E-state index >= 15 is 0 Å². The number of carbonyl (C=O) groups is 1. The fraction of sp³-hybridized carbons (Fsp3) is 0.762. The summed E-state index contributed by atoms with van der Waals surface area (Å²) in [5.74, 6) is 6.17. The molecule has 4 aliphatic rings. The largest absolute Gasteiger partial charge is 0.377 e. The van der Waals surface area contributed by atoms with Gasteiger partial charge in [-0.3, -0.25) is 4.79 Å². The summed E-state index contributed by atoms with van der Waals surface area (Å²) >= 11 is 0. The molecule has 3 fully saturated rings. The molecule has 1 N–H and O–H groups in total. The van der Waals surface area contributed by atoms with Crippen molar-refractivity contribution in [3.63, 3.8) is 0 Å². The third-order valence-electron chi connectivity index (χ3n) is 8.03. The predicted octanol–water partition coefficient (Wildman–Crippen LogP) is 3.74. The normalized spacial score (nSPS) is 52.0. The smallest absolute Gasteiger partial charge is 0.155 e. The van der Waals surface area contributed by atoms with Crippen LogP contribution >= 0.6 is 0 Å². The Bertz CT molecular complexity index is 612. The summed E-state index contributed by atoms with van der Waals surface area (Å²) in [5, 5.41) is 11.0. The zero-order valence-corrected chi connectivity index (χ0v) is 14.3. The van der Waals surface area contributed by atoms with Gasteiger partial charge in [0.05, 0.1) is 0 Å². The minimum Gasteiger partial charge on any atom is -0.377 e. The highest BCUT2D eigenvalue weighted by Crippen LogP contribution is 2.65. The summed E-state index contributed by atoms with van der Waals surface area (Å²) in [4.78, 5) is 11.8. The lowest BCUT2D eigenvalue weighted by atomic mass is 9.48. The van der Waals surface area contributed by atoms with Crippen molar-refractivity contribution in [2.75, 3.05) is 0 Å². The fourth-order valence-corrected chi connectivity index (χ4v) is 6.84. The van der Waals surface area contributed by atoms with Crippen LogP contribution in [-0.4, -0.2) is 16.5 Å². The fourth-order valence-electron chi connectivity index (χ4n) is 6.84. The molecule has 2 nitrogen and oxygen atoms in total. The van der Waals surface area contributed by atoms with Crippen LogP contribution < -0.4 is 0 Å². The summed E-state index contributed by atoms with van der Waals surface area (Å²) in [6.45, 7) is 4.59. The Kier molecular flexibility index (Phi) is 3.34. The molecule has 0 heterocycles. The van der Waals surface area contributed by atoms with E-state index in [9.17, 15) is 9.90 Å². The van der Waals surface area contributed by atoms with Crippen molar-refractivity contribution >= 4 is 5.78 Å². The third kappa shape index (κ3) is 1.96. The van der Waals surface area contributed by atoms with Crippen LogP contribution in [0.5, 0.6) is 0 Å². The van der Waals surface area contributed by atoms with E-state index in [1.54, 1.807) is 0 Å². The van der Waals surface area contributed by atoms with Gasteiger partial charge in [-0.15, -0.1) is 6.42 Å². The molecule has 0 aromatic heterocycles. The Balaban J connectivity index is 1.70. The molecular weight excluding hydrogens is 284 g/mol. The predicted molar refractivity (Wildman–Crippen MR) is 90.4 cm³/mol. The summed E-state index contributed by atoms with van der Waals surface area (Å²) in [6, 6.07) is 0. The van der Waals surface area contributed by atoms with Gasteiger partial charge in [0.2, 0.25) is 0 Å². The highest BCUT2D eigenvalue weighted by atomic mass is 16.3. The van der Waals surface area contributed by atoms with Crippen LogP contribution in [-0.2, 0) is 4.79 Å². The van der Waals surface area contributed by atoms with Crippen molar-refractivity contribution in [2.24, 2.45) is 35.0 Å². The Morgan fingerprint density at radius 2 is 2.09 bits per heavy atom. The second kappa shape index (κ2) is 4.96. The lowest BCUT2D eigenvalue weighted by molar-refractivity contribution is -0.117. The highest BCUT2D eigenvalue weighted by molar-refractivity contribution is 5.91. The number of rotatable bonds is 0. The van der Waals surface area contributed by atoms with Crippen molar-refractivity contribution in [2.45, 2.75) is 64.4 Å². The zero-order chi connectivity index (χ0) is 16.4. The van der Waals surface area contributed by atoms with Crippen LogP contribution in [0.25, 0.3) is 0 Å². The molecule has 124 valence electrons. The standard InChI is InChI=1S/C21H28O2/c1-4-21(23)10-8-18-19-13(2)11-14-12-15(22)5-6-16(14)17(19)7-9-20(18,21)3/h1,12-13,16-19,23H,5-11H2,2-3H3/t13-,16-,17+,18-,19+,20+,21+/m1/s1. The molecule has 2 heteroatoms. The van der Waals surface area contributed by atoms with Crippen molar-refractivity contribution in [3.05, 3.63) is 11.6 Å². The average molecular weight is 312 g/mol. The molecule has 0 radical (unpaired) electrons. The quantitative estimate of drug-likeness (QED) is 0.692. The molecule has 7 atom stereocenters. The number of fused-ring (bicyclic) bond motifs is 5. The van der Waals surface area contributed by atoms with Crippen LogP contribution in [0.3, 0.4) is 0 Å². The Morgan fingerprint density at radius 3 is 2.83 bits per heavy atom. The SMILES string of the molecule is C#C[C@]1(O)CC[C@@H]2[C@@H]3[C@@H](CC[C@@]21C)[C@@H]1CCC(=O)C=C1C[C@H]3C. The Morgan fingerprint density at radius 1 is 1.30 bits per heavy atom. The molecule has 4 rings (SSSR count). The monoisotopic (exact) mass is 312 g/mol. The van der Waals surface area contributed by atoms with Gasteiger partial charge in [-0.25, -0.2) is 0 Å². The molecule has 0 aromatic rings. The molecule has 3 saturated carbocycles. The van der Waals surface area contributed by atoms with E-state index in [0.29, 0.717) is 35.4 Å². The molecular formula is C21H28O2. The zero-order valence-electron chi connectivity index (χ0n) is 14.3. The maximum Gasteiger partial charge on any atom is 0.155 e. The van der Waals surface area contributed by atoms with Crippen molar-refractivity contribution in [1.82, 2.24) is 0 Å². The number of carbonyl (C=O) groups excluding carboxylic acids is 1. The molecule has 0 saturated heterocycles. The molecule has 23 heavy (non-hydrogen) atoms. The molecule has 0 aromatic carbocycles. The van der Waals surface area contributed by atoms with E-state index < -0.39 is 5.60 Å². The molecule has 0 amide bonds. The number of terminal acetylenes is 1. The van der Waals surface area contributed by atoms with Gasteiger partial charge in [-0.1, -0.05) is 25.3 Å². The maximum absolute atomic E-state index is 11.8. The van der Waals surface area contributed by atoms with Gasteiger partial charge >= 0.3 is 0 Å². The Hall–Kier alpha value is -1.07. The highest BCUT2D eigenvalue weighted by Gasteiger charge is 2.62. The second-order valence-electron chi connectivity index (χ2n) is 8.86. The molecule has 4 aliphatic carbocycles. The molecule has 0 unspecified atom stereocenters. The van der Waals surface area contributed by atoms with Gasteiger partial charge in [0.15, 0.2) is 5.78 Å². The summed E-state index contributed by atoms with van der Waals surface area (Å²) in [5.41, 5.74) is 0.382. The topological polar surface area (TPSA) is 37.3 Å². The lowest BCUT2D eigenvalue weighted by Gasteiger charge is -2.56. The van der Waals surface area contributed by atoms with E-state index in [0.717, 1.165) is 44.9 Å². The van der Waals surface area contributed by atoms with Crippen LogP contribution in [0.1, 0.15) is 58.8 Å².